The number of benzene rings is 1. The van der Waals surface area contributed by atoms with Gasteiger partial charge in [-0.25, -0.2) is 4.98 Å². The first-order valence-electron chi connectivity index (χ1n) is 9.51. The van der Waals surface area contributed by atoms with E-state index in [0.29, 0.717) is 12.5 Å². The molecule has 134 valence electrons. The maximum absolute atomic E-state index is 13.1. The molecule has 2 aromatic heterocycles. The van der Waals surface area contributed by atoms with Crippen molar-refractivity contribution in [2.45, 2.75) is 44.2 Å². The zero-order chi connectivity index (χ0) is 17.5. The van der Waals surface area contributed by atoms with Gasteiger partial charge >= 0.3 is 0 Å². The Kier molecular flexibility index (Phi) is 3.76. The second kappa shape index (κ2) is 6.27. The van der Waals surface area contributed by atoms with Gasteiger partial charge in [0.05, 0.1) is 17.1 Å². The molecule has 6 nitrogen and oxygen atoms in total. The molecule has 1 atom stereocenters. The number of rotatable bonds is 4. The minimum absolute atomic E-state index is 0.187. The van der Waals surface area contributed by atoms with Gasteiger partial charge < -0.3 is 9.47 Å². The molecular weight excluding hydrogens is 326 g/mol. The summed E-state index contributed by atoms with van der Waals surface area (Å²) in [4.78, 5) is 19.9. The van der Waals surface area contributed by atoms with Gasteiger partial charge in [-0.05, 0) is 43.9 Å². The van der Waals surface area contributed by atoms with E-state index in [4.69, 9.17) is 4.98 Å². The van der Waals surface area contributed by atoms with E-state index in [1.807, 2.05) is 40.0 Å². The van der Waals surface area contributed by atoms with E-state index < -0.39 is 0 Å². The molecule has 6 heteroatoms. The number of hydrogen-bond acceptors (Lipinski definition) is 3. The number of hydrogen-bond donors (Lipinski definition) is 0. The molecule has 0 spiro atoms. The highest BCUT2D eigenvalue weighted by Crippen LogP contribution is 2.40. The number of amides is 1. The first kappa shape index (κ1) is 15.6. The molecule has 1 saturated heterocycles. The molecule has 0 bridgehead atoms. The van der Waals surface area contributed by atoms with Crippen LogP contribution in [0.5, 0.6) is 0 Å². The van der Waals surface area contributed by atoms with E-state index in [1.165, 1.54) is 12.8 Å². The van der Waals surface area contributed by atoms with Crippen LogP contribution in [0.1, 0.15) is 43.5 Å². The van der Waals surface area contributed by atoms with Crippen molar-refractivity contribution in [2.24, 2.45) is 0 Å². The average Bonchev–Trinajstić information content (AvgIpc) is 3.25. The lowest BCUT2D eigenvalue weighted by atomic mass is 10.1. The number of aromatic nitrogens is 4. The van der Waals surface area contributed by atoms with E-state index in [1.54, 1.807) is 6.20 Å². The molecule has 26 heavy (non-hydrogen) atoms. The van der Waals surface area contributed by atoms with Crippen LogP contribution in [0.15, 0.2) is 42.7 Å². The van der Waals surface area contributed by atoms with Crippen LogP contribution in [-0.4, -0.2) is 43.2 Å². The van der Waals surface area contributed by atoms with Gasteiger partial charge in [0.15, 0.2) is 0 Å². The van der Waals surface area contributed by atoms with Gasteiger partial charge in [-0.1, -0.05) is 12.1 Å². The molecule has 2 fully saturated rings. The fourth-order valence-electron chi connectivity index (χ4n) is 4.04. The van der Waals surface area contributed by atoms with E-state index in [2.05, 4.69) is 15.7 Å². The van der Waals surface area contributed by atoms with Crippen LogP contribution < -0.4 is 0 Å². The lowest BCUT2D eigenvalue weighted by Crippen LogP contribution is -2.42. The predicted molar refractivity (Wildman–Crippen MR) is 98.8 cm³/mol. The summed E-state index contributed by atoms with van der Waals surface area (Å²) in [6.45, 7) is 1.96. The number of nitrogens with zero attached hydrogens (tertiary/aromatic N) is 5. The molecule has 1 aromatic carbocycles. The van der Waals surface area contributed by atoms with E-state index in [9.17, 15) is 4.79 Å². The van der Waals surface area contributed by atoms with Crippen LogP contribution in [0.2, 0.25) is 0 Å². The molecule has 0 radical (unpaired) electrons. The van der Waals surface area contributed by atoms with Crippen molar-refractivity contribution < 1.29 is 4.79 Å². The average molecular weight is 349 g/mol. The first-order chi connectivity index (χ1) is 12.8. The van der Waals surface area contributed by atoms with Crippen molar-refractivity contribution in [3.8, 4) is 0 Å². The Hall–Kier alpha value is -2.63. The summed E-state index contributed by atoms with van der Waals surface area (Å²) in [6.07, 6.45) is 8.27. The largest absolute Gasteiger partial charge is 0.339 e. The Balaban J connectivity index is 1.38. The molecule has 3 heterocycles. The molecule has 3 aromatic rings. The van der Waals surface area contributed by atoms with E-state index in [0.717, 1.165) is 42.8 Å². The van der Waals surface area contributed by atoms with Crippen molar-refractivity contribution in [1.29, 1.82) is 0 Å². The van der Waals surface area contributed by atoms with Crippen LogP contribution >= 0.6 is 0 Å². The summed E-state index contributed by atoms with van der Waals surface area (Å²) < 4.78 is 4.13. The quantitative estimate of drug-likeness (QED) is 0.728. The maximum Gasteiger partial charge on any atom is 0.242 e. The van der Waals surface area contributed by atoms with Crippen molar-refractivity contribution in [3.05, 3.63) is 48.5 Å². The minimum Gasteiger partial charge on any atom is -0.339 e. The molecule has 5 rings (SSSR count). The summed E-state index contributed by atoms with van der Waals surface area (Å²) in [6, 6.07) is 10.4. The fourth-order valence-corrected chi connectivity index (χ4v) is 4.04. The third-order valence-electron chi connectivity index (χ3n) is 5.57. The van der Waals surface area contributed by atoms with Crippen LogP contribution in [0.3, 0.4) is 0 Å². The van der Waals surface area contributed by atoms with Crippen molar-refractivity contribution >= 4 is 16.9 Å². The molecule has 1 aliphatic heterocycles. The monoisotopic (exact) mass is 349 g/mol. The fraction of sp³-hybridized carbons (Fsp3) is 0.450. The minimum atomic E-state index is 0.187. The SMILES string of the molecule is O=C(Cn1c(C2CC2)nc2ccccc21)N1CCCC(n2cccn2)C1. The number of likely N-dealkylation sites (tertiary alicyclic amines) is 1. The summed E-state index contributed by atoms with van der Waals surface area (Å²) in [5.41, 5.74) is 2.07. The summed E-state index contributed by atoms with van der Waals surface area (Å²) >= 11 is 0. The van der Waals surface area contributed by atoms with Crippen LogP contribution in [0, 0.1) is 0 Å². The molecule has 0 N–H and O–H groups in total. The Morgan fingerprint density at radius 1 is 1.15 bits per heavy atom. The highest BCUT2D eigenvalue weighted by molar-refractivity contribution is 5.81. The predicted octanol–water partition coefficient (Wildman–Crippen LogP) is 2.97. The number of imidazole rings is 1. The van der Waals surface area contributed by atoms with Crippen LogP contribution in [-0.2, 0) is 11.3 Å². The second-order valence-corrected chi connectivity index (χ2v) is 7.44. The molecule has 1 saturated carbocycles. The molecule has 2 aliphatic rings. The van der Waals surface area contributed by atoms with Crippen LogP contribution in [0.4, 0.5) is 0 Å². The van der Waals surface area contributed by atoms with Gasteiger partial charge in [0.1, 0.15) is 12.4 Å². The maximum atomic E-state index is 13.1. The second-order valence-electron chi connectivity index (χ2n) is 7.44. The normalized spacial score (nSPS) is 20.6. The summed E-state index contributed by atoms with van der Waals surface area (Å²) in [7, 11) is 0. The number of para-hydroxylation sites is 2. The van der Waals surface area contributed by atoms with E-state index >= 15 is 0 Å². The Morgan fingerprint density at radius 3 is 2.85 bits per heavy atom. The Labute approximate surface area is 152 Å². The topological polar surface area (TPSA) is 56.0 Å². The number of piperidine rings is 1. The first-order valence-corrected chi connectivity index (χ1v) is 9.51. The van der Waals surface area contributed by atoms with Crippen molar-refractivity contribution in [2.75, 3.05) is 13.1 Å². The van der Waals surface area contributed by atoms with Gasteiger partial charge in [0.2, 0.25) is 5.91 Å². The third kappa shape index (κ3) is 2.79. The Morgan fingerprint density at radius 2 is 2.04 bits per heavy atom. The number of fused-ring (bicyclic) bond motifs is 1. The third-order valence-corrected chi connectivity index (χ3v) is 5.57. The summed E-state index contributed by atoms with van der Waals surface area (Å²) in [5.74, 6) is 1.79. The number of carbonyl (C=O) groups excluding carboxylic acids is 1. The molecular formula is C20H23N5O. The lowest BCUT2D eigenvalue weighted by molar-refractivity contribution is -0.133. The van der Waals surface area contributed by atoms with Gasteiger partial charge in [0.25, 0.3) is 0 Å². The van der Waals surface area contributed by atoms with Gasteiger partial charge in [0, 0.05) is 31.4 Å². The zero-order valence-corrected chi connectivity index (χ0v) is 14.8. The lowest BCUT2D eigenvalue weighted by Gasteiger charge is -2.33. The van der Waals surface area contributed by atoms with Gasteiger partial charge in [-0.15, -0.1) is 0 Å². The Bertz CT molecular complexity index is 925. The zero-order valence-electron chi connectivity index (χ0n) is 14.8. The molecule has 1 unspecified atom stereocenters. The van der Waals surface area contributed by atoms with Crippen LogP contribution in [0.25, 0.3) is 11.0 Å². The smallest absolute Gasteiger partial charge is 0.242 e. The molecule has 1 amide bonds. The highest BCUT2D eigenvalue weighted by Gasteiger charge is 2.31. The standard InChI is InChI=1S/C20H23N5O/c26-19(23-11-3-5-16(13-23)25-12-4-10-21-25)14-24-18-7-2-1-6-17(18)22-20(24)15-8-9-15/h1-2,4,6-7,10,12,15-16H,3,5,8-9,11,13-14H2. The van der Waals surface area contributed by atoms with Crippen molar-refractivity contribution in [3.63, 3.8) is 0 Å². The summed E-state index contributed by atoms with van der Waals surface area (Å²) in [5, 5.41) is 4.36. The molecule has 1 aliphatic carbocycles. The number of carbonyl (C=O) groups is 1. The van der Waals surface area contributed by atoms with E-state index in [-0.39, 0.29) is 11.9 Å². The van der Waals surface area contributed by atoms with Gasteiger partial charge in [-0.3, -0.25) is 9.48 Å². The van der Waals surface area contributed by atoms with Gasteiger partial charge in [-0.2, -0.15) is 5.10 Å². The highest BCUT2D eigenvalue weighted by atomic mass is 16.2. The van der Waals surface area contributed by atoms with Crippen molar-refractivity contribution in [1.82, 2.24) is 24.2 Å².